The molecule has 0 bridgehead atoms. The number of carbonyl (C=O) groups excluding carboxylic acids is 1. The number of ketones is 1. The van der Waals surface area contributed by atoms with Crippen molar-refractivity contribution in [2.75, 3.05) is 7.11 Å². The van der Waals surface area contributed by atoms with Gasteiger partial charge < -0.3 is 20.1 Å². The SMILES string of the molecule is COc1ccc(/C=C/C(=O)c2ccc(O)c(CC=C(C)C)c2O)cc1O. The molecule has 0 aliphatic heterocycles. The molecule has 3 N–H and O–H groups in total. The average Bonchev–Trinajstić information content (AvgIpc) is 2.59. The highest BCUT2D eigenvalue weighted by atomic mass is 16.5. The quantitative estimate of drug-likeness (QED) is 0.411. The van der Waals surface area contributed by atoms with Crippen molar-refractivity contribution in [3.8, 4) is 23.0 Å². The molecule has 136 valence electrons. The van der Waals surface area contributed by atoms with Crippen LogP contribution in [0.2, 0.25) is 0 Å². The molecule has 2 aromatic rings. The molecule has 0 aliphatic carbocycles. The Labute approximate surface area is 152 Å². The van der Waals surface area contributed by atoms with Gasteiger partial charge in [-0.3, -0.25) is 4.79 Å². The predicted molar refractivity (Wildman–Crippen MR) is 101 cm³/mol. The van der Waals surface area contributed by atoms with E-state index in [0.717, 1.165) is 5.57 Å². The van der Waals surface area contributed by atoms with E-state index in [2.05, 4.69) is 0 Å². The number of methoxy groups -OCH3 is 1. The first-order valence-corrected chi connectivity index (χ1v) is 8.10. The maximum absolute atomic E-state index is 12.4. The van der Waals surface area contributed by atoms with Crippen LogP contribution in [0.25, 0.3) is 6.08 Å². The fourth-order valence-electron chi connectivity index (χ4n) is 2.40. The zero-order chi connectivity index (χ0) is 19.3. The zero-order valence-corrected chi connectivity index (χ0v) is 15.0. The van der Waals surface area contributed by atoms with E-state index in [0.29, 0.717) is 23.3 Å². The van der Waals surface area contributed by atoms with Gasteiger partial charge in [0.15, 0.2) is 17.3 Å². The monoisotopic (exact) mass is 354 g/mol. The highest BCUT2D eigenvalue weighted by Gasteiger charge is 2.15. The minimum atomic E-state index is -0.406. The molecule has 2 rings (SSSR count). The fourth-order valence-corrected chi connectivity index (χ4v) is 2.40. The van der Waals surface area contributed by atoms with Gasteiger partial charge in [0.05, 0.1) is 12.7 Å². The molecule has 0 amide bonds. The lowest BCUT2D eigenvalue weighted by Crippen LogP contribution is -1.98. The number of rotatable bonds is 6. The van der Waals surface area contributed by atoms with E-state index in [4.69, 9.17) is 4.74 Å². The second kappa shape index (κ2) is 8.25. The number of hydrogen-bond donors (Lipinski definition) is 3. The second-order valence-corrected chi connectivity index (χ2v) is 6.07. The Morgan fingerprint density at radius 3 is 2.42 bits per heavy atom. The Hall–Kier alpha value is -3.21. The average molecular weight is 354 g/mol. The summed E-state index contributed by atoms with van der Waals surface area (Å²) >= 11 is 0. The molecule has 0 spiro atoms. The number of hydrogen-bond acceptors (Lipinski definition) is 5. The molecule has 0 heterocycles. The third-order valence-corrected chi connectivity index (χ3v) is 3.87. The Morgan fingerprint density at radius 2 is 1.81 bits per heavy atom. The molecule has 2 aromatic carbocycles. The van der Waals surface area contributed by atoms with Crippen molar-refractivity contribution >= 4 is 11.9 Å². The van der Waals surface area contributed by atoms with Crippen molar-refractivity contribution in [2.45, 2.75) is 20.3 Å². The second-order valence-electron chi connectivity index (χ2n) is 6.07. The number of carbonyl (C=O) groups is 1. The van der Waals surface area contributed by atoms with E-state index in [1.807, 2.05) is 19.9 Å². The summed E-state index contributed by atoms with van der Waals surface area (Å²) in [5, 5.41) is 30.1. The van der Waals surface area contributed by atoms with Gasteiger partial charge in [-0.25, -0.2) is 0 Å². The molecule has 0 fully saturated rings. The minimum absolute atomic E-state index is 0.0291. The molecule has 0 saturated carbocycles. The van der Waals surface area contributed by atoms with Crippen molar-refractivity contribution in [3.05, 3.63) is 64.7 Å². The smallest absolute Gasteiger partial charge is 0.189 e. The first-order chi connectivity index (χ1) is 12.3. The van der Waals surface area contributed by atoms with Crippen LogP contribution < -0.4 is 4.74 Å². The van der Waals surface area contributed by atoms with Crippen molar-refractivity contribution in [1.82, 2.24) is 0 Å². The van der Waals surface area contributed by atoms with E-state index in [1.165, 1.54) is 37.5 Å². The van der Waals surface area contributed by atoms with Crippen LogP contribution >= 0.6 is 0 Å². The first kappa shape index (κ1) is 19.1. The van der Waals surface area contributed by atoms with Gasteiger partial charge in [0.1, 0.15) is 11.5 Å². The molecular formula is C21H22O5. The predicted octanol–water partition coefficient (Wildman–Crippen LogP) is 4.22. The molecule has 26 heavy (non-hydrogen) atoms. The van der Waals surface area contributed by atoms with Crippen LogP contribution in [0.5, 0.6) is 23.0 Å². The van der Waals surface area contributed by atoms with Gasteiger partial charge in [0.2, 0.25) is 0 Å². The van der Waals surface area contributed by atoms with Gasteiger partial charge in [-0.05, 0) is 56.2 Å². The summed E-state index contributed by atoms with van der Waals surface area (Å²) in [5.41, 5.74) is 2.07. The van der Waals surface area contributed by atoms with Gasteiger partial charge in [0.25, 0.3) is 0 Å². The summed E-state index contributed by atoms with van der Waals surface area (Å²) in [5.74, 6) is -0.376. The number of aromatic hydroxyl groups is 3. The summed E-state index contributed by atoms with van der Waals surface area (Å²) in [7, 11) is 1.45. The van der Waals surface area contributed by atoms with Crippen LogP contribution in [0.4, 0.5) is 0 Å². The lowest BCUT2D eigenvalue weighted by atomic mass is 10.0. The molecule has 5 nitrogen and oxygen atoms in total. The molecular weight excluding hydrogens is 332 g/mol. The van der Waals surface area contributed by atoms with Gasteiger partial charge in [-0.2, -0.15) is 0 Å². The van der Waals surface area contributed by atoms with Crippen LogP contribution in [0.1, 0.15) is 35.3 Å². The summed E-state index contributed by atoms with van der Waals surface area (Å²) in [6.45, 7) is 3.83. The maximum Gasteiger partial charge on any atom is 0.189 e. The summed E-state index contributed by atoms with van der Waals surface area (Å²) in [4.78, 5) is 12.4. The van der Waals surface area contributed by atoms with E-state index in [-0.39, 0.29) is 22.8 Å². The lowest BCUT2D eigenvalue weighted by molar-refractivity contribution is 0.104. The van der Waals surface area contributed by atoms with Crippen LogP contribution in [0.3, 0.4) is 0 Å². The third kappa shape index (κ3) is 4.45. The first-order valence-electron chi connectivity index (χ1n) is 8.10. The Morgan fingerprint density at radius 1 is 1.08 bits per heavy atom. The highest BCUT2D eigenvalue weighted by molar-refractivity contribution is 6.09. The van der Waals surface area contributed by atoms with Crippen molar-refractivity contribution in [3.63, 3.8) is 0 Å². The van der Waals surface area contributed by atoms with Gasteiger partial charge in [-0.15, -0.1) is 0 Å². The number of allylic oxidation sites excluding steroid dienone is 3. The Bertz CT molecular complexity index is 874. The Balaban J connectivity index is 2.28. The molecule has 0 saturated heterocycles. The van der Waals surface area contributed by atoms with Crippen molar-refractivity contribution < 1.29 is 24.9 Å². The number of phenolic OH excluding ortho intramolecular Hbond substituents is 3. The van der Waals surface area contributed by atoms with Crippen LogP contribution in [-0.2, 0) is 6.42 Å². The summed E-state index contributed by atoms with van der Waals surface area (Å²) in [6.07, 6.45) is 5.03. The van der Waals surface area contributed by atoms with E-state index < -0.39 is 5.78 Å². The van der Waals surface area contributed by atoms with Gasteiger partial charge >= 0.3 is 0 Å². The number of phenols is 3. The van der Waals surface area contributed by atoms with E-state index in [1.54, 1.807) is 12.1 Å². The summed E-state index contributed by atoms with van der Waals surface area (Å²) < 4.78 is 4.97. The van der Waals surface area contributed by atoms with E-state index in [9.17, 15) is 20.1 Å². The zero-order valence-electron chi connectivity index (χ0n) is 15.0. The van der Waals surface area contributed by atoms with Crippen LogP contribution in [-0.4, -0.2) is 28.2 Å². The Kier molecular flexibility index (Phi) is 6.07. The van der Waals surface area contributed by atoms with Crippen LogP contribution in [0.15, 0.2) is 48.1 Å². The lowest BCUT2D eigenvalue weighted by Gasteiger charge is -2.09. The molecule has 0 aromatic heterocycles. The van der Waals surface area contributed by atoms with Crippen molar-refractivity contribution in [2.24, 2.45) is 0 Å². The number of benzene rings is 2. The standard InChI is InChI=1S/C21H22O5/c1-13(2)4-7-15-18(23)10-8-16(21(15)25)17(22)9-5-14-6-11-20(26-3)19(24)12-14/h4-6,8-12,23-25H,7H2,1-3H3/b9-5+. The topological polar surface area (TPSA) is 87.0 Å². The van der Waals surface area contributed by atoms with Gasteiger partial charge in [-0.1, -0.05) is 23.8 Å². The summed E-state index contributed by atoms with van der Waals surface area (Å²) in [6, 6.07) is 7.54. The highest BCUT2D eigenvalue weighted by Crippen LogP contribution is 2.32. The fraction of sp³-hybridized carbons (Fsp3) is 0.190. The van der Waals surface area contributed by atoms with Crippen molar-refractivity contribution in [1.29, 1.82) is 0 Å². The van der Waals surface area contributed by atoms with E-state index >= 15 is 0 Å². The van der Waals surface area contributed by atoms with Gasteiger partial charge in [0, 0.05) is 5.56 Å². The molecule has 0 unspecified atom stereocenters. The van der Waals surface area contributed by atoms with Crippen LogP contribution in [0, 0.1) is 0 Å². The molecule has 0 radical (unpaired) electrons. The minimum Gasteiger partial charge on any atom is -0.508 e. The largest absolute Gasteiger partial charge is 0.508 e. The normalized spacial score (nSPS) is 10.7. The maximum atomic E-state index is 12.4. The number of ether oxygens (including phenoxy) is 1. The molecule has 0 atom stereocenters. The molecule has 5 heteroatoms. The molecule has 0 aliphatic rings. The third-order valence-electron chi connectivity index (χ3n) is 3.87.